The Hall–Kier alpha value is -0.860. The Kier molecular flexibility index (Phi) is 2.84. The Balaban J connectivity index is 2.36. The minimum atomic E-state index is 0.423. The molecule has 3 heteroatoms. The van der Waals surface area contributed by atoms with Gasteiger partial charge >= 0.3 is 0 Å². The van der Waals surface area contributed by atoms with Gasteiger partial charge < -0.3 is 0 Å². The number of nitrogens with zero attached hydrogens (tertiary/aromatic N) is 2. The molecule has 0 saturated carbocycles. The third kappa shape index (κ3) is 2.64. The van der Waals surface area contributed by atoms with Crippen molar-refractivity contribution in [2.45, 2.75) is 40.0 Å². The number of nitrogens with one attached hydrogen (secondary N) is 1. The maximum Gasteiger partial charge on any atom is 0.137 e. The van der Waals surface area contributed by atoms with E-state index in [1.54, 1.807) is 6.33 Å². The summed E-state index contributed by atoms with van der Waals surface area (Å²) in [5.41, 5.74) is 0.423. The smallest absolute Gasteiger partial charge is 0.137 e. The van der Waals surface area contributed by atoms with Crippen LogP contribution in [0, 0.1) is 5.41 Å². The van der Waals surface area contributed by atoms with Crippen LogP contribution in [0.2, 0.25) is 0 Å². The molecule has 68 valence electrons. The molecule has 0 radical (unpaired) electrons. The minimum absolute atomic E-state index is 0.423. The van der Waals surface area contributed by atoms with Crippen LogP contribution >= 0.6 is 0 Å². The van der Waals surface area contributed by atoms with E-state index in [-0.39, 0.29) is 0 Å². The van der Waals surface area contributed by atoms with E-state index in [2.05, 4.69) is 36.0 Å². The fourth-order valence-electron chi connectivity index (χ4n) is 0.985. The molecule has 0 saturated heterocycles. The lowest BCUT2D eigenvalue weighted by Crippen LogP contribution is -2.11. The number of hydrogen-bond donors (Lipinski definition) is 1. The molecular weight excluding hydrogens is 150 g/mol. The van der Waals surface area contributed by atoms with Crippen molar-refractivity contribution in [1.82, 2.24) is 15.2 Å². The number of hydrogen-bond acceptors (Lipinski definition) is 2. The summed E-state index contributed by atoms with van der Waals surface area (Å²) in [6, 6.07) is 0. The van der Waals surface area contributed by atoms with Crippen LogP contribution in [0.3, 0.4) is 0 Å². The van der Waals surface area contributed by atoms with Gasteiger partial charge in [0.05, 0.1) is 0 Å². The van der Waals surface area contributed by atoms with Crippen molar-refractivity contribution in [2.75, 3.05) is 0 Å². The van der Waals surface area contributed by atoms with E-state index in [0.717, 1.165) is 12.2 Å². The summed E-state index contributed by atoms with van der Waals surface area (Å²) in [6.45, 7) is 6.78. The predicted molar refractivity (Wildman–Crippen MR) is 48.8 cm³/mol. The minimum Gasteiger partial charge on any atom is -0.263 e. The zero-order chi connectivity index (χ0) is 9.03. The van der Waals surface area contributed by atoms with E-state index in [0.29, 0.717) is 5.41 Å². The summed E-state index contributed by atoms with van der Waals surface area (Å²) in [5, 5.41) is 6.69. The molecular formula is C9H17N3. The van der Waals surface area contributed by atoms with Crippen molar-refractivity contribution in [3.8, 4) is 0 Å². The lowest BCUT2D eigenvalue weighted by Gasteiger charge is -2.21. The molecule has 1 N–H and O–H groups in total. The number of rotatable bonds is 4. The summed E-state index contributed by atoms with van der Waals surface area (Å²) >= 11 is 0. The van der Waals surface area contributed by atoms with Gasteiger partial charge in [0.25, 0.3) is 0 Å². The van der Waals surface area contributed by atoms with E-state index in [1.165, 1.54) is 12.8 Å². The van der Waals surface area contributed by atoms with Crippen LogP contribution in [0.4, 0.5) is 0 Å². The van der Waals surface area contributed by atoms with Crippen LogP contribution in [0.5, 0.6) is 0 Å². The van der Waals surface area contributed by atoms with E-state index in [4.69, 9.17) is 0 Å². The highest BCUT2D eigenvalue weighted by Gasteiger charge is 2.15. The summed E-state index contributed by atoms with van der Waals surface area (Å²) < 4.78 is 0. The van der Waals surface area contributed by atoms with Gasteiger partial charge in [-0.25, -0.2) is 4.98 Å². The summed E-state index contributed by atoms with van der Waals surface area (Å²) in [5.74, 6) is 0.997. The molecule has 0 spiro atoms. The predicted octanol–water partition coefficient (Wildman–Crippen LogP) is 2.17. The van der Waals surface area contributed by atoms with E-state index in [1.807, 2.05) is 0 Å². The summed E-state index contributed by atoms with van der Waals surface area (Å²) in [7, 11) is 0. The molecule has 0 unspecified atom stereocenters. The van der Waals surface area contributed by atoms with E-state index < -0.39 is 0 Å². The lowest BCUT2D eigenvalue weighted by molar-refractivity contribution is 0.320. The Bertz CT molecular complexity index is 214. The van der Waals surface area contributed by atoms with E-state index >= 15 is 0 Å². The molecule has 0 aliphatic rings. The fourth-order valence-corrected chi connectivity index (χ4v) is 0.985. The standard InChI is InChI=1S/C9H17N3/c1-4-9(2,3)6-5-8-10-7-11-12-8/h7H,4-6H2,1-3H3,(H,10,11,12). The van der Waals surface area contributed by atoms with Crippen molar-refractivity contribution in [1.29, 1.82) is 0 Å². The molecule has 0 fully saturated rings. The van der Waals surface area contributed by atoms with Gasteiger partial charge in [-0.3, -0.25) is 5.10 Å². The van der Waals surface area contributed by atoms with Gasteiger partial charge in [-0.1, -0.05) is 27.2 Å². The quantitative estimate of drug-likeness (QED) is 0.746. The number of H-pyrrole nitrogens is 1. The van der Waals surface area contributed by atoms with Gasteiger partial charge in [0.1, 0.15) is 12.2 Å². The van der Waals surface area contributed by atoms with Gasteiger partial charge in [-0.2, -0.15) is 5.10 Å². The maximum absolute atomic E-state index is 4.09. The number of aryl methyl sites for hydroxylation is 1. The van der Waals surface area contributed by atoms with Crippen LogP contribution in [-0.4, -0.2) is 15.2 Å². The molecule has 0 aliphatic heterocycles. The Morgan fingerprint density at radius 3 is 2.75 bits per heavy atom. The van der Waals surface area contributed by atoms with Crippen molar-refractivity contribution in [3.63, 3.8) is 0 Å². The van der Waals surface area contributed by atoms with Crippen LogP contribution in [0.1, 0.15) is 39.4 Å². The van der Waals surface area contributed by atoms with Gasteiger partial charge in [-0.15, -0.1) is 0 Å². The van der Waals surface area contributed by atoms with Crippen molar-refractivity contribution >= 4 is 0 Å². The monoisotopic (exact) mass is 167 g/mol. The Labute approximate surface area is 73.6 Å². The van der Waals surface area contributed by atoms with Crippen LogP contribution in [0.15, 0.2) is 6.33 Å². The van der Waals surface area contributed by atoms with Gasteiger partial charge in [-0.05, 0) is 11.8 Å². The van der Waals surface area contributed by atoms with Crippen molar-refractivity contribution < 1.29 is 0 Å². The normalized spacial score (nSPS) is 11.9. The second-order valence-electron chi connectivity index (χ2n) is 3.95. The average molecular weight is 167 g/mol. The van der Waals surface area contributed by atoms with Gasteiger partial charge in [0.15, 0.2) is 0 Å². The largest absolute Gasteiger partial charge is 0.263 e. The first-order valence-corrected chi connectivity index (χ1v) is 4.48. The van der Waals surface area contributed by atoms with Crippen molar-refractivity contribution in [2.24, 2.45) is 5.41 Å². The third-order valence-corrected chi connectivity index (χ3v) is 2.46. The fraction of sp³-hybridized carbons (Fsp3) is 0.778. The average Bonchev–Trinajstić information content (AvgIpc) is 2.53. The molecule has 1 aromatic heterocycles. The highest BCUT2D eigenvalue weighted by atomic mass is 15.2. The second-order valence-corrected chi connectivity index (χ2v) is 3.95. The third-order valence-electron chi connectivity index (χ3n) is 2.46. The molecule has 0 bridgehead atoms. The summed E-state index contributed by atoms with van der Waals surface area (Å²) in [6.07, 6.45) is 4.94. The highest BCUT2D eigenvalue weighted by molar-refractivity contribution is 4.82. The van der Waals surface area contributed by atoms with Crippen LogP contribution in [-0.2, 0) is 6.42 Å². The molecule has 0 aromatic carbocycles. The molecule has 3 nitrogen and oxygen atoms in total. The second kappa shape index (κ2) is 3.70. The molecule has 1 heterocycles. The topological polar surface area (TPSA) is 41.6 Å². The lowest BCUT2D eigenvalue weighted by atomic mass is 9.85. The summed E-state index contributed by atoms with van der Waals surface area (Å²) in [4.78, 5) is 4.09. The zero-order valence-electron chi connectivity index (χ0n) is 8.09. The zero-order valence-corrected chi connectivity index (χ0v) is 8.09. The van der Waals surface area contributed by atoms with Gasteiger partial charge in [0.2, 0.25) is 0 Å². The first kappa shape index (κ1) is 9.23. The number of aromatic nitrogens is 3. The molecule has 12 heavy (non-hydrogen) atoms. The van der Waals surface area contributed by atoms with Gasteiger partial charge in [0, 0.05) is 6.42 Å². The highest BCUT2D eigenvalue weighted by Crippen LogP contribution is 2.25. The SMILES string of the molecule is CCC(C)(C)CCc1ncn[nH]1. The molecule has 0 atom stereocenters. The molecule has 0 aliphatic carbocycles. The molecule has 0 amide bonds. The van der Waals surface area contributed by atoms with Crippen molar-refractivity contribution in [3.05, 3.63) is 12.2 Å². The molecule has 1 aromatic rings. The maximum atomic E-state index is 4.09. The van der Waals surface area contributed by atoms with Crippen LogP contribution in [0.25, 0.3) is 0 Å². The molecule has 1 rings (SSSR count). The first-order valence-electron chi connectivity index (χ1n) is 4.48. The first-order chi connectivity index (χ1) is 5.64. The van der Waals surface area contributed by atoms with Crippen LogP contribution < -0.4 is 0 Å². The van der Waals surface area contributed by atoms with E-state index in [9.17, 15) is 0 Å². The Morgan fingerprint density at radius 1 is 1.50 bits per heavy atom. The number of aromatic amines is 1. The Morgan fingerprint density at radius 2 is 2.25 bits per heavy atom.